The van der Waals surface area contributed by atoms with Crippen LogP contribution in [0, 0.1) is 0 Å². The first-order valence-corrected chi connectivity index (χ1v) is 4.97. The van der Waals surface area contributed by atoms with Gasteiger partial charge < -0.3 is 0 Å². The lowest BCUT2D eigenvalue weighted by molar-refractivity contribution is -0.124. The molecular formula is C12H19NO2. The summed E-state index contributed by atoms with van der Waals surface area (Å²) in [6.07, 6.45) is 3.58. The second kappa shape index (κ2) is 12.5. The van der Waals surface area contributed by atoms with Crippen LogP contribution in [0.15, 0.2) is 30.6 Å². The maximum atomic E-state index is 10.0. The predicted octanol–water partition coefficient (Wildman–Crippen LogP) is 2.66. The Labute approximate surface area is 91.5 Å². The lowest BCUT2D eigenvalue weighted by Gasteiger charge is -1.81. The molecule has 0 radical (unpaired) electrons. The van der Waals surface area contributed by atoms with Crippen molar-refractivity contribution in [2.24, 2.45) is 0 Å². The van der Waals surface area contributed by atoms with Gasteiger partial charge in [-0.3, -0.25) is 14.6 Å². The standard InChI is InChI=1S/C5H5N.C5H8O2.C2H6/c1-2-4-6-5-3-1;1-4(6)3-5(2)7;1-2/h1-5H;3H2,1-2H3;1-2H3. The summed E-state index contributed by atoms with van der Waals surface area (Å²) in [6.45, 7) is 6.81. The van der Waals surface area contributed by atoms with Crippen LogP contribution in [-0.2, 0) is 9.59 Å². The minimum absolute atomic E-state index is 0.0625. The van der Waals surface area contributed by atoms with Crippen molar-refractivity contribution in [3.05, 3.63) is 30.6 Å². The topological polar surface area (TPSA) is 47.0 Å². The molecule has 84 valence electrons. The molecule has 0 atom stereocenters. The summed E-state index contributed by atoms with van der Waals surface area (Å²) in [5, 5.41) is 0. The van der Waals surface area contributed by atoms with E-state index < -0.39 is 0 Å². The van der Waals surface area contributed by atoms with Gasteiger partial charge in [0.15, 0.2) is 0 Å². The zero-order chi connectivity index (χ0) is 12.1. The summed E-state index contributed by atoms with van der Waals surface area (Å²) in [5.74, 6) is -0.125. The van der Waals surface area contributed by atoms with E-state index in [0.29, 0.717) is 0 Å². The highest BCUT2D eigenvalue weighted by Gasteiger charge is 1.94. The first-order chi connectivity index (χ1) is 7.13. The minimum atomic E-state index is -0.0625. The first-order valence-electron chi connectivity index (χ1n) is 4.97. The highest BCUT2D eigenvalue weighted by atomic mass is 16.1. The van der Waals surface area contributed by atoms with E-state index >= 15 is 0 Å². The summed E-state index contributed by atoms with van der Waals surface area (Å²) < 4.78 is 0. The average Bonchev–Trinajstić information content (AvgIpc) is 2.22. The molecule has 0 spiro atoms. The smallest absolute Gasteiger partial charge is 0.137 e. The minimum Gasteiger partial charge on any atom is -0.300 e. The average molecular weight is 209 g/mol. The summed E-state index contributed by atoms with van der Waals surface area (Å²) in [4.78, 5) is 23.9. The Hall–Kier alpha value is -1.51. The van der Waals surface area contributed by atoms with Gasteiger partial charge in [-0.05, 0) is 26.0 Å². The van der Waals surface area contributed by atoms with Gasteiger partial charge >= 0.3 is 0 Å². The van der Waals surface area contributed by atoms with Crippen LogP contribution in [0.4, 0.5) is 0 Å². The number of rotatable bonds is 2. The Bertz CT molecular complexity index is 219. The number of hydrogen-bond donors (Lipinski definition) is 0. The molecule has 0 aromatic carbocycles. The molecule has 0 fully saturated rings. The molecule has 1 rings (SSSR count). The Kier molecular flexibility index (Phi) is 13.3. The van der Waals surface area contributed by atoms with E-state index in [1.165, 1.54) is 13.8 Å². The number of aromatic nitrogens is 1. The van der Waals surface area contributed by atoms with Crippen molar-refractivity contribution in [2.45, 2.75) is 34.1 Å². The van der Waals surface area contributed by atoms with Crippen molar-refractivity contribution >= 4 is 11.6 Å². The highest BCUT2D eigenvalue weighted by molar-refractivity contribution is 5.96. The van der Waals surface area contributed by atoms with Gasteiger partial charge in [0, 0.05) is 12.4 Å². The molecule has 0 saturated heterocycles. The van der Waals surface area contributed by atoms with Gasteiger partial charge in [0.2, 0.25) is 0 Å². The molecule has 1 heterocycles. The van der Waals surface area contributed by atoms with E-state index in [-0.39, 0.29) is 18.0 Å². The molecule has 0 aliphatic carbocycles. The van der Waals surface area contributed by atoms with E-state index in [1.54, 1.807) is 12.4 Å². The van der Waals surface area contributed by atoms with Crippen LogP contribution < -0.4 is 0 Å². The fraction of sp³-hybridized carbons (Fsp3) is 0.417. The number of nitrogens with zero attached hydrogens (tertiary/aromatic N) is 1. The second-order valence-electron chi connectivity index (χ2n) is 2.61. The molecule has 1 aromatic rings. The van der Waals surface area contributed by atoms with Crippen molar-refractivity contribution < 1.29 is 9.59 Å². The van der Waals surface area contributed by atoms with Crippen molar-refractivity contribution in [2.75, 3.05) is 0 Å². The van der Waals surface area contributed by atoms with Crippen LogP contribution in [0.5, 0.6) is 0 Å². The van der Waals surface area contributed by atoms with E-state index in [0.717, 1.165) is 0 Å². The van der Waals surface area contributed by atoms with Crippen LogP contribution in [0.1, 0.15) is 34.1 Å². The van der Waals surface area contributed by atoms with E-state index in [9.17, 15) is 9.59 Å². The number of carbonyl (C=O) groups excluding carboxylic acids is 2. The maximum Gasteiger partial charge on any atom is 0.137 e. The molecular weight excluding hydrogens is 190 g/mol. The number of Topliss-reactive ketones (excluding diaryl/α,β-unsaturated/α-hetero) is 2. The Morgan fingerprint density at radius 2 is 1.33 bits per heavy atom. The van der Waals surface area contributed by atoms with E-state index in [1.807, 2.05) is 32.0 Å². The molecule has 1 aromatic heterocycles. The summed E-state index contributed by atoms with van der Waals surface area (Å²) in [5.41, 5.74) is 0. The van der Waals surface area contributed by atoms with Gasteiger partial charge in [-0.15, -0.1) is 0 Å². The quantitative estimate of drug-likeness (QED) is 0.703. The van der Waals surface area contributed by atoms with Crippen LogP contribution in [0.25, 0.3) is 0 Å². The molecule has 15 heavy (non-hydrogen) atoms. The molecule has 0 N–H and O–H groups in total. The van der Waals surface area contributed by atoms with Crippen LogP contribution in [0.2, 0.25) is 0 Å². The lowest BCUT2D eigenvalue weighted by Crippen LogP contribution is -1.97. The SMILES string of the molecule is CC.CC(=O)CC(C)=O.c1ccncc1. The molecule has 0 aliphatic heterocycles. The molecule has 0 bridgehead atoms. The van der Waals surface area contributed by atoms with Gasteiger partial charge in [0.1, 0.15) is 11.6 Å². The lowest BCUT2D eigenvalue weighted by atomic mass is 10.2. The highest BCUT2D eigenvalue weighted by Crippen LogP contribution is 1.80. The molecule has 0 saturated carbocycles. The van der Waals surface area contributed by atoms with Gasteiger partial charge in [0.25, 0.3) is 0 Å². The second-order valence-corrected chi connectivity index (χ2v) is 2.61. The fourth-order valence-electron chi connectivity index (χ4n) is 0.663. The molecule has 0 unspecified atom stereocenters. The van der Waals surface area contributed by atoms with Crippen molar-refractivity contribution in [1.29, 1.82) is 0 Å². The van der Waals surface area contributed by atoms with Crippen LogP contribution in [0.3, 0.4) is 0 Å². The zero-order valence-corrected chi connectivity index (χ0v) is 9.86. The normalized spacial score (nSPS) is 7.47. The Morgan fingerprint density at radius 3 is 1.40 bits per heavy atom. The summed E-state index contributed by atoms with van der Waals surface area (Å²) in [6, 6.07) is 5.72. The third-order valence-corrected chi connectivity index (χ3v) is 1.06. The largest absolute Gasteiger partial charge is 0.300 e. The third-order valence-electron chi connectivity index (χ3n) is 1.06. The molecule has 0 amide bonds. The number of pyridine rings is 1. The Balaban J connectivity index is 0. The first kappa shape index (κ1) is 15.9. The predicted molar refractivity (Wildman–Crippen MR) is 61.6 cm³/mol. The Morgan fingerprint density at radius 1 is 0.933 bits per heavy atom. The summed E-state index contributed by atoms with van der Waals surface area (Å²) in [7, 11) is 0. The molecule has 0 aliphatic rings. The van der Waals surface area contributed by atoms with Gasteiger partial charge in [-0.25, -0.2) is 0 Å². The van der Waals surface area contributed by atoms with Gasteiger partial charge in [-0.2, -0.15) is 0 Å². The number of hydrogen-bond acceptors (Lipinski definition) is 3. The molecule has 3 nitrogen and oxygen atoms in total. The van der Waals surface area contributed by atoms with Gasteiger partial charge in [0.05, 0.1) is 6.42 Å². The van der Waals surface area contributed by atoms with Crippen molar-refractivity contribution in [3.63, 3.8) is 0 Å². The van der Waals surface area contributed by atoms with Gasteiger partial charge in [-0.1, -0.05) is 19.9 Å². The van der Waals surface area contributed by atoms with Crippen LogP contribution in [-0.4, -0.2) is 16.6 Å². The van der Waals surface area contributed by atoms with Crippen molar-refractivity contribution in [1.82, 2.24) is 4.98 Å². The number of ketones is 2. The van der Waals surface area contributed by atoms with E-state index in [4.69, 9.17) is 0 Å². The number of carbonyl (C=O) groups is 2. The zero-order valence-electron chi connectivity index (χ0n) is 9.86. The van der Waals surface area contributed by atoms with E-state index in [2.05, 4.69) is 4.98 Å². The maximum absolute atomic E-state index is 10.0. The fourth-order valence-corrected chi connectivity index (χ4v) is 0.663. The third kappa shape index (κ3) is 19.1. The molecule has 3 heteroatoms. The van der Waals surface area contributed by atoms with Crippen molar-refractivity contribution in [3.8, 4) is 0 Å². The monoisotopic (exact) mass is 209 g/mol. The van der Waals surface area contributed by atoms with Crippen LogP contribution >= 0.6 is 0 Å². The summed E-state index contributed by atoms with van der Waals surface area (Å²) >= 11 is 0.